The molecule has 0 bridgehead atoms. The summed E-state index contributed by atoms with van der Waals surface area (Å²) >= 11 is 14.1. The zero-order chi connectivity index (χ0) is 28.4. The van der Waals surface area contributed by atoms with Crippen molar-refractivity contribution in [3.8, 4) is 0 Å². The van der Waals surface area contributed by atoms with Crippen LogP contribution in [-0.4, -0.2) is 65.6 Å². The Balaban J connectivity index is 1.45. The molecule has 3 rings (SSSR count). The zero-order valence-electron chi connectivity index (χ0n) is 21.5. The number of likely N-dealkylation sites (tertiary alicyclic amines) is 1. The second-order valence-electron chi connectivity index (χ2n) is 9.11. The van der Waals surface area contributed by atoms with E-state index >= 15 is 0 Å². The van der Waals surface area contributed by atoms with E-state index in [0.717, 1.165) is 10.5 Å². The van der Waals surface area contributed by atoms with Gasteiger partial charge in [-0.25, -0.2) is 4.79 Å². The molecule has 1 saturated heterocycles. The van der Waals surface area contributed by atoms with Crippen LogP contribution >= 0.6 is 35.0 Å². The number of aryl methyl sites for hydroxylation is 1. The van der Waals surface area contributed by atoms with Crippen LogP contribution in [-0.2, 0) is 25.6 Å². The number of hydrogen-bond donors (Lipinski definition) is 3. The van der Waals surface area contributed by atoms with Crippen LogP contribution in [0, 0.1) is 5.92 Å². The van der Waals surface area contributed by atoms with E-state index in [1.54, 1.807) is 17.0 Å². The van der Waals surface area contributed by atoms with E-state index in [2.05, 4.69) is 10.6 Å². The molecule has 0 aromatic heterocycles. The molecule has 3 N–H and O–H groups in total. The van der Waals surface area contributed by atoms with Gasteiger partial charge in [0, 0.05) is 42.9 Å². The lowest BCUT2D eigenvalue weighted by atomic mass is 9.95. The number of amides is 3. The van der Waals surface area contributed by atoms with Gasteiger partial charge in [0.2, 0.25) is 17.7 Å². The Morgan fingerprint density at radius 2 is 1.77 bits per heavy atom. The summed E-state index contributed by atoms with van der Waals surface area (Å²) < 4.78 is 0. The lowest BCUT2D eigenvalue weighted by Crippen LogP contribution is -2.51. The topological polar surface area (TPSA) is 116 Å². The summed E-state index contributed by atoms with van der Waals surface area (Å²) in [5.41, 5.74) is 1.64. The van der Waals surface area contributed by atoms with Gasteiger partial charge >= 0.3 is 5.97 Å². The van der Waals surface area contributed by atoms with Crippen molar-refractivity contribution in [1.29, 1.82) is 0 Å². The largest absolute Gasteiger partial charge is 0.480 e. The third-order valence-corrected chi connectivity index (χ3v) is 8.27. The lowest BCUT2D eigenvalue weighted by Gasteiger charge is -2.31. The second kappa shape index (κ2) is 15.0. The first kappa shape index (κ1) is 30.5. The smallest absolute Gasteiger partial charge is 0.328 e. The average Bonchev–Trinajstić information content (AvgIpc) is 2.95. The highest BCUT2D eigenvalue weighted by atomic mass is 35.5. The molecule has 0 spiro atoms. The fraction of sp³-hybridized carbons (Fsp3) is 0.357. The van der Waals surface area contributed by atoms with E-state index in [1.807, 2.05) is 42.7 Å². The Bertz CT molecular complexity index is 1220. The summed E-state index contributed by atoms with van der Waals surface area (Å²) in [4.78, 5) is 51.7. The number of piperidine rings is 1. The molecule has 208 valence electrons. The van der Waals surface area contributed by atoms with Crippen LogP contribution in [0.15, 0.2) is 53.4 Å². The number of carboxylic acids is 1. The van der Waals surface area contributed by atoms with Crippen LogP contribution < -0.4 is 10.6 Å². The molecule has 1 heterocycles. The Morgan fingerprint density at radius 3 is 2.41 bits per heavy atom. The predicted octanol–water partition coefficient (Wildman–Crippen LogP) is 4.29. The second-order valence-corrected chi connectivity index (χ2v) is 10.7. The number of carbonyl (C=O) groups excluding carboxylic acids is 3. The van der Waals surface area contributed by atoms with Crippen molar-refractivity contribution in [3.63, 3.8) is 0 Å². The number of rotatable bonds is 11. The summed E-state index contributed by atoms with van der Waals surface area (Å²) in [6, 6.07) is 11.9. The molecule has 3 amide bonds. The van der Waals surface area contributed by atoms with Gasteiger partial charge in [-0.3, -0.25) is 14.4 Å². The molecule has 39 heavy (non-hydrogen) atoms. The Kier molecular flexibility index (Phi) is 11.7. The molecule has 11 heteroatoms. The maximum atomic E-state index is 12.7. The number of nitrogens with zero attached hydrogens (tertiary/aromatic N) is 1. The number of halogens is 2. The van der Waals surface area contributed by atoms with Gasteiger partial charge in [-0.05, 0) is 48.8 Å². The molecule has 2 aromatic carbocycles. The molecule has 8 nitrogen and oxygen atoms in total. The van der Waals surface area contributed by atoms with E-state index < -0.39 is 23.8 Å². The van der Waals surface area contributed by atoms with Gasteiger partial charge in [-0.1, -0.05) is 59.6 Å². The number of carbonyl (C=O) groups is 4. The molecule has 0 saturated carbocycles. The summed E-state index contributed by atoms with van der Waals surface area (Å²) in [5, 5.41) is 15.5. The number of carboxylic acid groups (broad SMARTS) is 1. The quantitative estimate of drug-likeness (QED) is 0.265. The van der Waals surface area contributed by atoms with Gasteiger partial charge in [0.1, 0.15) is 6.04 Å². The highest BCUT2D eigenvalue weighted by molar-refractivity contribution is 7.98. The number of benzene rings is 2. The minimum atomic E-state index is -1.24. The SMILES string of the molecule is CSc1ccc(/C=C/C(=O)N2CCC(C(=O)N[C@@H](CNC(=O)CCc3ccccc3)C(=O)O)CC2)c(Cl)c1Cl. The first-order valence-electron chi connectivity index (χ1n) is 12.5. The Morgan fingerprint density at radius 1 is 1.08 bits per heavy atom. The summed E-state index contributed by atoms with van der Waals surface area (Å²) in [5.74, 6) is -2.56. The van der Waals surface area contributed by atoms with Gasteiger partial charge in [-0.2, -0.15) is 0 Å². The molecule has 0 aliphatic carbocycles. The van der Waals surface area contributed by atoms with E-state index in [0.29, 0.717) is 48.0 Å². The maximum Gasteiger partial charge on any atom is 0.328 e. The molecule has 1 atom stereocenters. The van der Waals surface area contributed by atoms with Gasteiger partial charge < -0.3 is 20.6 Å². The monoisotopic (exact) mass is 591 g/mol. The molecule has 1 fully saturated rings. The van der Waals surface area contributed by atoms with Crippen molar-refractivity contribution < 1.29 is 24.3 Å². The highest BCUT2D eigenvalue weighted by Gasteiger charge is 2.29. The van der Waals surface area contributed by atoms with Crippen LogP contribution in [0.25, 0.3) is 6.08 Å². The van der Waals surface area contributed by atoms with Crippen molar-refractivity contribution in [2.75, 3.05) is 25.9 Å². The standard InChI is InChI=1S/C28H31Cl2N3O5S/c1-39-22-10-8-19(25(29)26(22)30)9-12-24(35)33-15-13-20(14-16-33)27(36)32-21(28(37)38)17-31-23(34)11-7-18-5-3-2-4-6-18/h2-6,8-10,12,20-21H,7,11,13-17H2,1H3,(H,31,34)(H,32,36)(H,37,38)/b12-9+/t21-/m0/s1. The zero-order valence-corrected chi connectivity index (χ0v) is 23.8. The summed E-state index contributed by atoms with van der Waals surface area (Å²) in [6.07, 6.45) is 6.49. The number of aliphatic carboxylic acids is 1. The van der Waals surface area contributed by atoms with Crippen LogP contribution in [0.3, 0.4) is 0 Å². The minimum absolute atomic E-state index is 0.207. The summed E-state index contributed by atoms with van der Waals surface area (Å²) in [6.45, 7) is 0.506. The first-order valence-corrected chi connectivity index (χ1v) is 14.5. The highest BCUT2D eigenvalue weighted by Crippen LogP contribution is 2.35. The Hall–Kier alpha value is -3.01. The van der Waals surface area contributed by atoms with Crippen LogP contribution in [0.4, 0.5) is 0 Å². The van der Waals surface area contributed by atoms with Gasteiger partial charge in [-0.15, -0.1) is 11.8 Å². The van der Waals surface area contributed by atoms with Crippen LogP contribution in [0.1, 0.15) is 30.4 Å². The van der Waals surface area contributed by atoms with Crippen molar-refractivity contribution in [2.24, 2.45) is 5.92 Å². The Labute approximate surface area is 242 Å². The fourth-order valence-corrected chi connectivity index (χ4v) is 5.33. The lowest BCUT2D eigenvalue weighted by molar-refractivity contribution is -0.143. The fourth-order valence-electron chi connectivity index (χ4n) is 4.16. The van der Waals surface area contributed by atoms with E-state index in [-0.39, 0.29) is 24.8 Å². The third-order valence-electron chi connectivity index (χ3n) is 6.48. The molecule has 2 aromatic rings. The molecule has 0 unspecified atom stereocenters. The van der Waals surface area contributed by atoms with Crippen molar-refractivity contribution in [2.45, 2.75) is 36.6 Å². The van der Waals surface area contributed by atoms with E-state index in [4.69, 9.17) is 23.2 Å². The van der Waals surface area contributed by atoms with Gasteiger partial charge in [0.15, 0.2) is 0 Å². The van der Waals surface area contributed by atoms with Crippen LogP contribution in [0.2, 0.25) is 10.0 Å². The minimum Gasteiger partial charge on any atom is -0.480 e. The molecular formula is C28H31Cl2N3O5S. The number of nitrogens with one attached hydrogen (secondary N) is 2. The number of hydrogen-bond acceptors (Lipinski definition) is 5. The maximum absolute atomic E-state index is 12.7. The van der Waals surface area contributed by atoms with Crippen LogP contribution in [0.5, 0.6) is 0 Å². The van der Waals surface area contributed by atoms with E-state index in [1.165, 1.54) is 17.8 Å². The van der Waals surface area contributed by atoms with E-state index in [9.17, 15) is 24.3 Å². The predicted molar refractivity (Wildman–Crippen MR) is 154 cm³/mol. The molecule has 1 aliphatic rings. The normalized spacial score (nSPS) is 14.7. The third kappa shape index (κ3) is 9.02. The molecular weight excluding hydrogens is 561 g/mol. The summed E-state index contributed by atoms with van der Waals surface area (Å²) in [7, 11) is 0. The molecule has 1 aliphatic heterocycles. The van der Waals surface area contributed by atoms with Crippen molar-refractivity contribution >= 4 is 64.7 Å². The number of thioether (sulfide) groups is 1. The first-order chi connectivity index (χ1) is 18.7. The van der Waals surface area contributed by atoms with Crippen molar-refractivity contribution in [1.82, 2.24) is 15.5 Å². The van der Waals surface area contributed by atoms with Gasteiger partial charge in [0.05, 0.1) is 10.0 Å². The van der Waals surface area contributed by atoms with Gasteiger partial charge in [0.25, 0.3) is 0 Å². The molecule has 0 radical (unpaired) electrons. The van der Waals surface area contributed by atoms with Crippen molar-refractivity contribution in [3.05, 3.63) is 69.7 Å². The average molecular weight is 593 g/mol.